The number of likely N-dealkylation sites (tertiary alicyclic amines) is 1. The number of imidazole rings is 1. The third kappa shape index (κ3) is 5.69. The van der Waals surface area contributed by atoms with Crippen LogP contribution in [0.2, 0.25) is 0 Å². The van der Waals surface area contributed by atoms with Crippen LogP contribution in [-0.4, -0.2) is 45.9 Å². The number of urea groups is 1. The first-order chi connectivity index (χ1) is 16.0. The van der Waals surface area contributed by atoms with Crippen LogP contribution in [0.15, 0.2) is 48.5 Å². The maximum atomic E-state index is 13.3. The number of carbonyl (C=O) groups excluding carboxylic acids is 2. The molecule has 2 aromatic carbocycles. The van der Waals surface area contributed by atoms with Crippen molar-refractivity contribution in [3.8, 4) is 0 Å². The van der Waals surface area contributed by atoms with E-state index in [1.54, 1.807) is 12.1 Å². The van der Waals surface area contributed by atoms with Crippen LogP contribution in [0.3, 0.4) is 0 Å². The first-order valence-electron chi connectivity index (χ1n) is 11.6. The molecule has 2 atom stereocenters. The number of aromatic amines is 1. The van der Waals surface area contributed by atoms with E-state index in [4.69, 9.17) is 4.98 Å². The summed E-state index contributed by atoms with van der Waals surface area (Å²) in [4.78, 5) is 35.7. The molecule has 0 bridgehead atoms. The summed E-state index contributed by atoms with van der Waals surface area (Å²) in [6.45, 7) is 3.51. The monoisotopic (exact) mass is 451 g/mol. The van der Waals surface area contributed by atoms with Gasteiger partial charge in [0, 0.05) is 25.6 Å². The Labute approximate surface area is 192 Å². The molecule has 3 N–H and O–H groups in total. The number of nitrogens with one attached hydrogen (secondary N) is 3. The van der Waals surface area contributed by atoms with Crippen LogP contribution in [0.1, 0.15) is 49.9 Å². The van der Waals surface area contributed by atoms with Crippen molar-refractivity contribution in [2.24, 2.45) is 0 Å². The number of H-pyrrole nitrogens is 1. The van der Waals surface area contributed by atoms with Crippen molar-refractivity contribution in [1.29, 1.82) is 0 Å². The molecule has 1 fully saturated rings. The van der Waals surface area contributed by atoms with Crippen LogP contribution >= 0.6 is 0 Å². The quantitative estimate of drug-likeness (QED) is 0.506. The Hall–Kier alpha value is -3.42. The summed E-state index contributed by atoms with van der Waals surface area (Å²) in [6.07, 6.45) is 3.20. The van der Waals surface area contributed by atoms with E-state index in [1.807, 2.05) is 36.1 Å². The first kappa shape index (κ1) is 22.8. The molecule has 2 unspecified atom stereocenters. The second-order valence-electron chi connectivity index (χ2n) is 8.56. The molecule has 3 amide bonds. The van der Waals surface area contributed by atoms with Gasteiger partial charge in [0.05, 0.1) is 11.0 Å². The number of aromatic nitrogens is 2. The number of amides is 3. The lowest BCUT2D eigenvalue weighted by Crippen LogP contribution is -2.53. The SMILES string of the molecule is CCCC(NC(=O)NCc1ccc(F)cc1)C(=O)N1CCCC(c2nc3ccccc3[nH]2)C1. The van der Waals surface area contributed by atoms with Gasteiger partial charge >= 0.3 is 6.03 Å². The van der Waals surface area contributed by atoms with Gasteiger partial charge in [0.25, 0.3) is 0 Å². The average Bonchev–Trinajstić information content (AvgIpc) is 3.27. The van der Waals surface area contributed by atoms with Gasteiger partial charge < -0.3 is 20.5 Å². The van der Waals surface area contributed by atoms with Gasteiger partial charge in [-0.15, -0.1) is 0 Å². The lowest BCUT2D eigenvalue weighted by molar-refractivity contribution is -0.134. The van der Waals surface area contributed by atoms with Crippen molar-refractivity contribution in [3.63, 3.8) is 0 Å². The Morgan fingerprint density at radius 3 is 2.76 bits per heavy atom. The lowest BCUT2D eigenvalue weighted by Gasteiger charge is -2.34. The van der Waals surface area contributed by atoms with E-state index < -0.39 is 12.1 Å². The molecule has 1 aliphatic heterocycles. The molecule has 4 rings (SSSR count). The largest absolute Gasteiger partial charge is 0.342 e. The minimum Gasteiger partial charge on any atom is -0.342 e. The standard InChI is InChI=1S/C25H30FN5O2/c1-2-6-22(30-25(33)27-15-17-10-12-19(26)13-11-17)24(32)31-14-5-7-18(16-31)23-28-20-8-3-4-9-21(20)29-23/h3-4,8-13,18,22H,2,5-7,14-16H2,1H3,(H,28,29)(H2,27,30,33). The van der Waals surface area contributed by atoms with Crippen molar-refractivity contribution in [2.75, 3.05) is 13.1 Å². The number of fused-ring (bicyclic) bond motifs is 1. The van der Waals surface area contributed by atoms with Gasteiger partial charge in [-0.25, -0.2) is 14.2 Å². The van der Waals surface area contributed by atoms with Crippen molar-refractivity contribution < 1.29 is 14.0 Å². The molecule has 1 aromatic heterocycles. The fourth-order valence-corrected chi connectivity index (χ4v) is 4.33. The highest BCUT2D eigenvalue weighted by Crippen LogP contribution is 2.27. The van der Waals surface area contributed by atoms with Gasteiger partial charge in [-0.1, -0.05) is 37.6 Å². The summed E-state index contributed by atoms with van der Waals surface area (Å²) < 4.78 is 13.1. The maximum Gasteiger partial charge on any atom is 0.315 e. The Bertz CT molecular complexity index is 1060. The number of para-hydroxylation sites is 2. The van der Waals surface area contributed by atoms with E-state index in [2.05, 4.69) is 15.6 Å². The Morgan fingerprint density at radius 2 is 2.00 bits per heavy atom. The predicted octanol–water partition coefficient (Wildman–Crippen LogP) is 4.08. The maximum absolute atomic E-state index is 13.3. The summed E-state index contributed by atoms with van der Waals surface area (Å²) in [5, 5.41) is 5.59. The second kappa shape index (κ2) is 10.5. The summed E-state index contributed by atoms with van der Waals surface area (Å²) >= 11 is 0. The number of hydrogen-bond acceptors (Lipinski definition) is 3. The van der Waals surface area contributed by atoms with Gasteiger partial charge in [0.1, 0.15) is 17.7 Å². The number of nitrogens with zero attached hydrogens (tertiary/aromatic N) is 2. The van der Waals surface area contributed by atoms with Crippen LogP contribution < -0.4 is 10.6 Å². The van der Waals surface area contributed by atoms with E-state index in [1.165, 1.54) is 12.1 Å². The minimum absolute atomic E-state index is 0.0606. The van der Waals surface area contributed by atoms with Crippen LogP contribution in [0.5, 0.6) is 0 Å². The van der Waals surface area contributed by atoms with Crippen LogP contribution in [0, 0.1) is 5.82 Å². The molecule has 0 spiro atoms. The number of hydrogen-bond donors (Lipinski definition) is 3. The van der Waals surface area contributed by atoms with Crippen molar-refractivity contribution >= 4 is 23.0 Å². The van der Waals surface area contributed by atoms with Gasteiger partial charge in [0.15, 0.2) is 0 Å². The predicted molar refractivity (Wildman–Crippen MR) is 125 cm³/mol. The van der Waals surface area contributed by atoms with Crippen molar-refractivity contribution in [2.45, 2.75) is 51.1 Å². The zero-order chi connectivity index (χ0) is 23.2. The van der Waals surface area contributed by atoms with Crippen LogP contribution in [-0.2, 0) is 11.3 Å². The van der Waals surface area contributed by atoms with Gasteiger partial charge in [-0.3, -0.25) is 4.79 Å². The van der Waals surface area contributed by atoms with E-state index in [0.717, 1.165) is 41.7 Å². The number of piperidine rings is 1. The molecule has 2 heterocycles. The van der Waals surface area contributed by atoms with E-state index in [9.17, 15) is 14.0 Å². The fourth-order valence-electron chi connectivity index (χ4n) is 4.33. The molecule has 33 heavy (non-hydrogen) atoms. The zero-order valence-electron chi connectivity index (χ0n) is 18.8. The van der Waals surface area contributed by atoms with E-state index >= 15 is 0 Å². The van der Waals surface area contributed by atoms with Gasteiger partial charge in [0.2, 0.25) is 5.91 Å². The molecule has 3 aromatic rings. The molecule has 174 valence electrons. The molecular formula is C25H30FN5O2. The number of carbonyl (C=O) groups is 2. The minimum atomic E-state index is -0.586. The topological polar surface area (TPSA) is 90.1 Å². The van der Waals surface area contributed by atoms with Crippen molar-refractivity contribution in [1.82, 2.24) is 25.5 Å². The molecule has 7 nitrogen and oxygen atoms in total. The van der Waals surface area contributed by atoms with Crippen LogP contribution in [0.4, 0.5) is 9.18 Å². The number of rotatable bonds is 7. The molecule has 0 saturated carbocycles. The zero-order valence-corrected chi connectivity index (χ0v) is 18.8. The number of benzene rings is 2. The average molecular weight is 452 g/mol. The summed E-state index contributed by atoms with van der Waals surface area (Å²) in [7, 11) is 0. The molecule has 8 heteroatoms. The van der Waals surface area contributed by atoms with E-state index in [0.29, 0.717) is 19.5 Å². The van der Waals surface area contributed by atoms with E-state index in [-0.39, 0.29) is 24.2 Å². The molecule has 1 saturated heterocycles. The highest BCUT2D eigenvalue weighted by molar-refractivity contribution is 5.87. The lowest BCUT2D eigenvalue weighted by atomic mass is 9.96. The number of halogens is 1. The Balaban J connectivity index is 1.36. The Kier molecular flexibility index (Phi) is 7.22. The first-order valence-corrected chi connectivity index (χ1v) is 11.6. The third-order valence-electron chi connectivity index (χ3n) is 6.07. The molecule has 0 radical (unpaired) electrons. The Morgan fingerprint density at radius 1 is 1.21 bits per heavy atom. The summed E-state index contributed by atoms with van der Waals surface area (Å²) in [6, 6.07) is 12.9. The molecule has 0 aliphatic carbocycles. The normalized spacial score (nSPS) is 17.0. The second-order valence-corrected chi connectivity index (χ2v) is 8.56. The molecular weight excluding hydrogens is 421 g/mol. The van der Waals surface area contributed by atoms with Gasteiger partial charge in [-0.05, 0) is 49.1 Å². The summed E-state index contributed by atoms with van der Waals surface area (Å²) in [5.41, 5.74) is 2.72. The van der Waals surface area contributed by atoms with Crippen LogP contribution in [0.25, 0.3) is 11.0 Å². The van der Waals surface area contributed by atoms with Crippen molar-refractivity contribution in [3.05, 3.63) is 65.7 Å². The van der Waals surface area contributed by atoms with Gasteiger partial charge in [-0.2, -0.15) is 0 Å². The highest BCUT2D eigenvalue weighted by Gasteiger charge is 2.31. The summed E-state index contributed by atoms with van der Waals surface area (Å²) in [5.74, 6) is 0.671. The highest BCUT2D eigenvalue weighted by atomic mass is 19.1. The third-order valence-corrected chi connectivity index (χ3v) is 6.07. The molecule has 1 aliphatic rings. The fraction of sp³-hybridized carbons (Fsp3) is 0.400. The smallest absolute Gasteiger partial charge is 0.315 e.